The molecule has 2 rings (SSSR count). The van der Waals surface area contributed by atoms with Gasteiger partial charge in [0, 0.05) is 6.61 Å². The van der Waals surface area contributed by atoms with Gasteiger partial charge in [0.2, 0.25) is 0 Å². The zero-order chi connectivity index (χ0) is 10.9. The number of carboxylic acid groups (broad SMARTS) is 1. The van der Waals surface area contributed by atoms with Gasteiger partial charge in [-0.2, -0.15) is 0 Å². The van der Waals surface area contributed by atoms with Crippen LogP contribution in [-0.2, 0) is 9.53 Å². The van der Waals surface area contributed by atoms with Gasteiger partial charge in [-0.05, 0) is 37.5 Å². The van der Waals surface area contributed by atoms with Crippen molar-refractivity contribution in [2.45, 2.75) is 25.7 Å². The van der Waals surface area contributed by atoms with Crippen LogP contribution in [0, 0.1) is 17.3 Å². The van der Waals surface area contributed by atoms with Gasteiger partial charge in [0.25, 0.3) is 0 Å². The molecule has 0 heterocycles. The molecule has 15 heavy (non-hydrogen) atoms. The normalized spacial score (nSPS) is 37.7. The van der Waals surface area contributed by atoms with Crippen molar-refractivity contribution in [3.05, 3.63) is 0 Å². The number of rotatable bonds is 6. The van der Waals surface area contributed by atoms with E-state index in [9.17, 15) is 9.90 Å². The van der Waals surface area contributed by atoms with Crippen molar-refractivity contribution in [1.29, 1.82) is 0 Å². The molecule has 2 N–H and O–H groups in total. The van der Waals surface area contributed by atoms with E-state index in [1.165, 1.54) is 6.42 Å². The first-order chi connectivity index (χ1) is 7.18. The van der Waals surface area contributed by atoms with Crippen LogP contribution in [0.4, 0.5) is 0 Å². The number of carbonyl (C=O) groups is 1. The fourth-order valence-electron chi connectivity index (χ4n) is 2.82. The Morgan fingerprint density at radius 3 is 2.53 bits per heavy atom. The minimum atomic E-state index is -0.665. The van der Waals surface area contributed by atoms with Crippen molar-refractivity contribution in [3.8, 4) is 0 Å². The molecular weight excluding hydrogens is 196 g/mol. The zero-order valence-corrected chi connectivity index (χ0v) is 8.82. The second kappa shape index (κ2) is 4.10. The second-order valence-electron chi connectivity index (χ2n) is 4.84. The Morgan fingerprint density at radius 1 is 1.33 bits per heavy atom. The smallest absolute Gasteiger partial charge is 0.309 e. The molecule has 86 valence electrons. The van der Waals surface area contributed by atoms with Crippen LogP contribution < -0.4 is 0 Å². The molecule has 4 nitrogen and oxygen atoms in total. The molecule has 0 aromatic heterocycles. The lowest BCUT2D eigenvalue weighted by molar-refractivity contribution is -0.150. The Hall–Kier alpha value is -0.610. The lowest BCUT2D eigenvalue weighted by atomic mass is 9.80. The molecule has 2 saturated carbocycles. The van der Waals surface area contributed by atoms with Crippen molar-refractivity contribution >= 4 is 5.97 Å². The van der Waals surface area contributed by atoms with Gasteiger partial charge in [-0.1, -0.05) is 0 Å². The van der Waals surface area contributed by atoms with Crippen LogP contribution >= 0.6 is 0 Å². The van der Waals surface area contributed by atoms with Gasteiger partial charge in [0.1, 0.15) is 0 Å². The summed E-state index contributed by atoms with van der Waals surface area (Å²) in [5.74, 6) is 0.667. The number of hydrogen-bond acceptors (Lipinski definition) is 3. The molecule has 2 atom stereocenters. The van der Waals surface area contributed by atoms with E-state index in [0.29, 0.717) is 31.5 Å². The number of carboxylic acids is 1. The molecule has 0 aromatic rings. The first-order valence-corrected chi connectivity index (χ1v) is 5.60. The third kappa shape index (κ3) is 2.16. The number of aliphatic hydroxyl groups is 1. The number of ether oxygens (including phenoxy) is 1. The maximum absolute atomic E-state index is 11.2. The molecule has 0 radical (unpaired) electrons. The lowest BCUT2D eigenvalue weighted by Crippen LogP contribution is -2.31. The van der Waals surface area contributed by atoms with E-state index in [1.54, 1.807) is 0 Å². The predicted molar refractivity (Wildman–Crippen MR) is 53.4 cm³/mol. The highest BCUT2D eigenvalue weighted by atomic mass is 16.5. The summed E-state index contributed by atoms with van der Waals surface area (Å²) in [6, 6.07) is 0. The predicted octanol–water partition coefficient (Wildman–Crippen LogP) is 0.886. The molecule has 2 fully saturated rings. The number of aliphatic hydroxyl groups excluding tert-OH is 1. The first-order valence-electron chi connectivity index (χ1n) is 5.60. The quantitative estimate of drug-likeness (QED) is 0.644. The minimum Gasteiger partial charge on any atom is -0.481 e. The standard InChI is InChI=1S/C11H18O4/c12-2-4-15-3-1-11(10(13)14)6-8-5-9(8)7-11/h8-9,12H,1-7H2,(H,13,14). The van der Waals surface area contributed by atoms with Crippen LogP contribution in [0.2, 0.25) is 0 Å². The molecule has 0 saturated heterocycles. The van der Waals surface area contributed by atoms with E-state index in [0.717, 1.165) is 12.8 Å². The number of fused-ring (bicyclic) bond motifs is 1. The summed E-state index contributed by atoms with van der Waals surface area (Å²) in [5, 5.41) is 17.8. The van der Waals surface area contributed by atoms with E-state index in [-0.39, 0.29) is 6.61 Å². The minimum absolute atomic E-state index is 0.00528. The fourth-order valence-corrected chi connectivity index (χ4v) is 2.82. The van der Waals surface area contributed by atoms with E-state index >= 15 is 0 Å². The molecule has 0 spiro atoms. The fraction of sp³-hybridized carbons (Fsp3) is 0.909. The van der Waals surface area contributed by atoms with Crippen LogP contribution in [0.3, 0.4) is 0 Å². The van der Waals surface area contributed by atoms with Crippen LogP contribution in [0.25, 0.3) is 0 Å². The van der Waals surface area contributed by atoms with Crippen LogP contribution in [0.1, 0.15) is 25.7 Å². The number of hydrogen-bond donors (Lipinski definition) is 2. The summed E-state index contributed by atoms with van der Waals surface area (Å²) in [5.41, 5.74) is -0.525. The van der Waals surface area contributed by atoms with Crippen molar-refractivity contribution in [1.82, 2.24) is 0 Å². The van der Waals surface area contributed by atoms with Crippen molar-refractivity contribution in [2.24, 2.45) is 17.3 Å². The molecule has 2 unspecified atom stereocenters. The molecular formula is C11H18O4. The lowest BCUT2D eigenvalue weighted by Gasteiger charge is -2.25. The van der Waals surface area contributed by atoms with Gasteiger partial charge in [0.15, 0.2) is 0 Å². The first kappa shape index (κ1) is 10.9. The Balaban J connectivity index is 1.82. The highest BCUT2D eigenvalue weighted by Crippen LogP contribution is 2.61. The maximum atomic E-state index is 11.2. The molecule has 2 aliphatic rings. The SMILES string of the molecule is O=C(O)C1(CCOCCO)CC2CC2C1. The summed E-state index contributed by atoms with van der Waals surface area (Å²) >= 11 is 0. The summed E-state index contributed by atoms with van der Waals surface area (Å²) in [4.78, 5) is 11.2. The Bertz CT molecular complexity index is 241. The molecule has 0 aromatic carbocycles. The Labute approximate surface area is 89.2 Å². The molecule has 4 heteroatoms. The van der Waals surface area contributed by atoms with Crippen LogP contribution in [-0.4, -0.2) is 36.0 Å². The summed E-state index contributed by atoms with van der Waals surface area (Å²) < 4.78 is 5.16. The van der Waals surface area contributed by atoms with Gasteiger partial charge < -0.3 is 14.9 Å². The molecule has 0 amide bonds. The van der Waals surface area contributed by atoms with E-state index in [4.69, 9.17) is 9.84 Å². The van der Waals surface area contributed by atoms with Gasteiger partial charge in [-0.3, -0.25) is 4.79 Å². The molecule has 0 aliphatic heterocycles. The van der Waals surface area contributed by atoms with Gasteiger partial charge >= 0.3 is 5.97 Å². The Morgan fingerprint density at radius 2 is 2.00 bits per heavy atom. The highest BCUT2D eigenvalue weighted by molar-refractivity contribution is 5.75. The maximum Gasteiger partial charge on any atom is 0.309 e. The summed E-state index contributed by atoms with van der Waals surface area (Å²) in [6.45, 7) is 0.764. The van der Waals surface area contributed by atoms with Gasteiger partial charge in [-0.15, -0.1) is 0 Å². The van der Waals surface area contributed by atoms with Crippen molar-refractivity contribution in [3.63, 3.8) is 0 Å². The highest BCUT2D eigenvalue weighted by Gasteiger charge is 2.57. The van der Waals surface area contributed by atoms with E-state index in [1.807, 2.05) is 0 Å². The van der Waals surface area contributed by atoms with Crippen LogP contribution in [0.15, 0.2) is 0 Å². The van der Waals surface area contributed by atoms with Crippen molar-refractivity contribution in [2.75, 3.05) is 19.8 Å². The Kier molecular flexibility index (Phi) is 2.98. The zero-order valence-electron chi connectivity index (χ0n) is 8.82. The van der Waals surface area contributed by atoms with E-state index in [2.05, 4.69) is 0 Å². The number of aliphatic carboxylic acids is 1. The summed E-state index contributed by atoms with van der Waals surface area (Å²) in [6.07, 6.45) is 3.48. The molecule has 2 aliphatic carbocycles. The topological polar surface area (TPSA) is 66.8 Å². The molecule has 0 bridgehead atoms. The third-order valence-corrected chi connectivity index (χ3v) is 3.79. The van der Waals surface area contributed by atoms with Gasteiger partial charge in [-0.25, -0.2) is 0 Å². The average Bonchev–Trinajstić information content (AvgIpc) is 2.82. The largest absolute Gasteiger partial charge is 0.481 e. The van der Waals surface area contributed by atoms with Crippen LogP contribution in [0.5, 0.6) is 0 Å². The monoisotopic (exact) mass is 214 g/mol. The average molecular weight is 214 g/mol. The second-order valence-corrected chi connectivity index (χ2v) is 4.84. The van der Waals surface area contributed by atoms with Gasteiger partial charge in [0.05, 0.1) is 18.6 Å². The van der Waals surface area contributed by atoms with Crippen molar-refractivity contribution < 1.29 is 19.7 Å². The third-order valence-electron chi connectivity index (χ3n) is 3.79. The summed E-state index contributed by atoms with van der Waals surface area (Å²) in [7, 11) is 0. The van der Waals surface area contributed by atoms with E-state index < -0.39 is 11.4 Å².